The Labute approximate surface area is 110 Å². The molecule has 0 bridgehead atoms. The van der Waals surface area contributed by atoms with Crippen LogP contribution in [0.4, 0.5) is 4.79 Å². The zero-order chi connectivity index (χ0) is 13.6. The van der Waals surface area contributed by atoms with E-state index in [-0.39, 0.29) is 6.09 Å². The Balaban J connectivity index is 2.29. The van der Waals surface area contributed by atoms with Crippen LogP contribution in [0.3, 0.4) is 0 Å². The van der Waals surface area contributed by atoms with Gasteiger partial charge in [0.15, 0.2) is 0 Å². The maximum absolute atomic E-state index is 11.6. The molecular formula is C14H24N2O2. The Morgan fingerprint density at radius 3 is 2.78 bits per heavy atom. The van der Waals surface area contributed by atoms with Gasteiger partial charge in [-0.1, -0.05) is 12.3 Å². The molecule has 0 radical (unpaired) electrons. The van der Waals surface area contributed by atoms with Crippen LogP contribution < -0.4 is 10.6 Å². The van der Waals surface area contributed by atoms with E-state index in [9.17, 15) is 4.79 Å². The molecule has 0 heterocycles. The summed E-state index contributed by atoms with van der Waals surface area (Å²) in [7, 11) is 0. The second-order valence-corrected chi connectivity index (χ2v) is 5.77. The first-order chi connectivity index (χ1) is 8.42. The molecule has 0 aromatic carbocycles. The van der Waals surface area contributed by atoms with Crippen LogP contribution in [0.25, 0.3) is 0 Å². The van der Waals surface area contributed by atoms with Crippen LogP contribution in [0, 0.1) is 18.3 Å². The highest BCUT2D eigenvalue weighted by molar-refractivity contribution is 5.67. The van der Waals surface area contributed by atoms with Crippen molar-refractivity contribution in [3.8, 4) is 12.3 Å². The summed E-state index contributed by atoms with van der Waals surface area (Å²) in [4.78, 5) is 11.6. The molecule has 1 aliphatic rings. The molecule has 1 saturated carbocycles. The van der Waals surface area contributed by atoms with Crippen molar-refractivity contribution in [3.05, 3.63) is 0 Å². The van der Waals surface area contributed by atoms with E-state index in [0.29, 0.717) is 25.0 Å². The van der Waals surface area contributed by atoms with Gasteiger partial charge in [-0.25, -0.2) is 4.79 Å². The summed E-state index contributed by atoms with van der Waals surface area (Å²) in [5, 5.41) is 6.16. The largest absolute Gasteiger partial charge is 0.444 e. The van der Waals surface area contributed by atoms with E-state index in [1.54, 1.807) is 0 Å². The molecular weight excluding hydrogens is 228 g/mol. The molecule has 0 aliphatic heterocycles. The Bertz CT molecular complexity index is 315. The number of amides is 1. The van der Waals surface area contributed by atoms with Gasteiger partial charge in [0.05, 0.1) is 6.54 Å². The van der Waals surface area contributed by atoms with E-state index >= 15 is 0 Å². The van der Waals surface area contributed by atoms with Crippen molar-refractivity contribution in [2.75, 3.05) is 13.1 Å². The molecule has 0 aromatic heterocycles. The van der Waals surface area contributed by atoms with E-state index in [1.165, 1.54) is 6.42 Å². The van der Waals surface area contributed by atoms with Crippen molar-refractivity contribution < 1.29 is 9.53 Å². The van der Waals surface area contributed by atoms with Gasteiger partial charge in [-0.05, 0) is 39.5 Å². The van der Waals surface area contributed by atoms with Crippen LogP contribution in [-0.4, -0.2) is 30.8 Å². The quantitative estimate of drug-likeness (QED) is 0.751. The van der Waals surface area contributed by atoms with Crippen molar-refractivity contribution >= 4 is 6.09 Å². The first kappa shape index (κ1) is 14.8. The molecule has 0 aromatic rings. The van der Waals surface area contributed by atoms with Gasteiger partial charge < -0.3 is 15.4 Å². The maximum atomic E-state index is 11.6. The van der Waals surface area contributed by atoms with Crippen LogP contribution >= 0.6 is 0 Å². The maximum Gasteiger partial charge on any atom is 0.407 e. The van der Waals surface area contributed by atoms with Crippen LogP contribution in [0.1, 0.15) is 40.0 Å². The third-order valence-electron chi connectivity index (χ3n) is 3.03. The zero-order valence-corrected chi connectivity index (χ0v) is 11.6. The Kier molecular flexibility index (Phi) is 5.49. The van der Waals surface area contributed by atoms with Gasteiger partial charge in [-0.3, -0.25) is 0 Å². The molecule has 102 valence electrons. The summed E-state index contributed by atoms with van der Waals surface area (Å²) in [6, 6.07) is 0.413. The molecule has 0 saturated heterocycles. The highest BCUT2D eigenvalue weighted by Crippen LogP contribution is 2.24. The number of ether oxygens (including phenoxy) is 1. The molecule has 2 atom stereocenters. The number of rotatable bonds is 4. The fraction of sp³-hybridized carbons (Fsp3) is 0.786. The van der Waals surface area contributed by atoms with Gasteiger partial charge in [-0.2, -0.15) is 0 Å². The molecule has 1 rings (SSSR count). The summed E-state index contributed by atoms with van der Waals surface area (Å²) < 4.78 is 5.21. The summed E-state index contributed by atoms with van der Waals surface area (Å²) in [6.07, 6.45) is 8.33. The monoisotopic (exact) mass is 252 g/mol. The highest BCUT2D eigenvalue weighted by atomic mass is 16.6. The number of hydrogen-bond acceptors (Lipinski definition) is 3. The minimum Gasteiger partial charge on any atom is -0.444 e. The second-order valence-electron chi connectivity index (χ2n) is 5.77. The van der Waals surface area contributed by atoms with Crippen molar-refractivity contribution in [3.63, 3.8) is 0 Å². The van der Waals surface area contributed by atoms with Gasteiger partial charge in [0.1, 0.15) is 5.60 Å². The fourth-order valence-corrected chi connectivity index (χ4v) is 2.27. The van der Waals surface area contributed by atoms with Gasteiger partial charge in [-0.15, -0.1) is 6.42 Å². The molecule has 2 N–H and O–H groups in total. The number of alkyl carbamates (subject to hydrolysis) is 1. The Morgan fingerprint density at radius 2 is 2.17 bits per heavy atom. The SMILES string of the molecule is C#CCNC1CCCC1CNC(=O)OC(C)(C)C. The average Bonchev–Trinajstić information content (AvgIpc) is 2.68. The topological polar surface area (TPSA) is 50.4 Å². The number of hydrogen-bond donors (Lipinski definition) is 2. The lowest BCUT2D eigenvalue weighted by atomic mass is 10.0. The normalized spacial score (nSPS) is 23.4. The third kappa shape index (κ3) is 5.42. The third-order valence-corrected chi connectivity index (χ3v) is 3.03. The lowest BCUT2D eigenvalue weighted by molar-refractivity contribution is 0.0517. The summed E-state index contributed by atoms with van der Waals surface area (Å²) in [6.45, 7) is 6.82. The van der Waals surface area contributed by atoms with E-state index in [4.69, 9.17) is 11.2 Å². The van der Waals surface area contributed by atoms with Gasteiger partial charge in [0.2, 0.25) is 0 Å². The lowest BCUT2D eigenvalue weighted by Crippen LogP contribution is -2.41. The van der Waals surface area contributed by atoms with Crippen LogP contribution in [-0.2, 0) is 4.74 Å². The summed E-state index contributed by atoms with van der Waals surface area (Å²) >= 11 is 0. The van der Waals surface area contributed by atoms with Gasteiger partial charge in [0, 0.05) is 12.6 Å². The van der Waals surface area contributed by atoms with Crippen LogP contribution in [0.2, 0.25) is 0 Å². The van der Waals surface area contributed by atoms with Crippen molar-refractivity contribution in [2.45, 2.75) is 51.7 Å². The number of carbonyl (C=O) groups is 1. The highest BCUT2D eigenvalue weighted by Gasteiger charge is 2.27. The van der Waals surface area contributed by atoms with Crippen molar-refractivity contribution in [1.29, 1.82) is 0 Å². The second kappa shape index (κ2) is 6.65. The standard InChI is InChI=1S/C14H24N2O2/c1-5-9-15-12-8-6-7-11(12)10-16-13(17)18-14(2,3)4/h1,11-12,15H,6-10H2,2-4H3,(H,16,17). The first-order valence-corrected chi connectivity index (χ1v) is 6.56. The lowest BCUT2D eigenvalue weighted by Gasteiger charge is -2.23. The molecule has 4 nitrogen and oxygen atoms in total. The molecule has 1 aliphatic carbocycles. The number of nitrogens with one attached hydrogen (secondary N) is 2. The first-order valence-electron chi connectivity index (χ1n) is 6.56. The summed E-state index contributed by atoms with van der Waals surface area (Å²) in [5.41, 5.74) is -0.444. The number of terminal acetylenes is 1. The minimum absolute atomic E-state index is 0.343. The molecule has 4 heteroatoms. The van der Waals surface area contributed by atoms with E-state index < -0.39 is 5.60 Å². The predicted octanol–water partition coefficient (Wildman–Crippen LogP) is 1.90. The average molecular weight is 252 g/mol. The predicted molar refractivity (Wildman–Crippen MR) is 72.2 cm³/mol. The zero-order valence-electron chi connectivity index (χ0n) is 11.6. The number of carbonyl (C=O) groups excluding carboxylic acids is 1. The fourth-order valence-electron chi connectivity index (χ4n) is 2.27. The van der Waals surface area contributed by atoms with E-state index in [1.807, 2.05) is 20.8 Å². The Hall–Kier alpha value is -1.21. The summed E-state index contributed by atoms with van der Waals surface area (Å²) in [5.74, 6) is 3.04. The van der Waals surface area contributed by atoms with Crippen LogP contribution in [0.5, 0.6) is 0 Å². The van der Waals surface area contributed by atoms with Crippen molar-refractivity contribution in [2.24, 2.45) is 5.92 Å². The van der Waals surface area contributed by atoms with E-state index in [2.05, 4.69) is 16.6 Å². The molecule has 18 heavy (non-hydrogen) atoms. The molecule has 2 unspecified atom stereocenters. The molecule has 1 fully saturated rings. The molecule has 0 spiro atoms. The Morgan fingerprint density at radius 1 is 1.44 bits per heavy atom. The molecule has 1 amide bonds. The minimum atomic E-state index is -0.444. The van der Waals surface area contributed by atoms with Crippen LogP contribution in [0.15, 0.2) is 0 Å². The van der Waals surface area contributed by atoms with Crippen molar-refractivity contribution in [1.82, 2.24) is 10.6 Å². The smallest absolute Gasteiger partial charge is 0.407 e. The van der Waals surface area contributed by atoms with E-state index in [0.717, 1.165) is 12.8 Å². The van der Waals surface area contributed by atoms with Gasteiger partial charge in [0.25, 0.3) is 0 Å². The van der Waals surface area contributed by atoms with Gasteiger partial charge >= 0.3 is 6.09 Å².